The van der Waals surface area contributed by atoms with Crippen molar-refractivity contribution in [3.63, 3.8) is 0 Å². The van der Waals surface area contributed by atoms with Gasteiger partial charge in [0.15, 0.2) is 0 Å². The van der Waals surface area contributed by atoms with Gasteiger partial charge < -0.3 is 5.32 Å². The van der Waals surface area contributed by atoms with Gasteiger partial charge in [-0.05, 0) is 29.8 Å². The van der Waals surface area contributed by atoms with E-state index in [0.717, 1.165) is 10.9 Å². The number of hydrogen-bond donors (Lipinski definition) is 2. The number of aromatic amines is 1. The van der Waals surface area contributed by atoms with Crippen molar-refractivity contribution in [2.75, 3.05) is 5.32 Å². The molecule has 0 aliphatic carbocycles. The number of rotatable bonds is 2. The monoisotopic (exact) mass is 273 g/mol. The molecular formula is C12H8ClN5O. The van der Waals surface area contributed by atoms with E-state index in [1.807, 2.05) is 6.07 Å². The van der Waals surface area contributed by atoms with Crippen molar-refractivity contribution in [1.29, 1.82) is 0 Å². The zero-order valence-electron chi connectivity index (χ0n) is 9.59. The summed E-state index contributed by atoms with van der Waals surface area (Å²) in [7, 11) is 0. The lowest BCUT2D eigenvalue weighted by atomic mass is 10.1. The molecule has 2 N–H and O–H groups in total. The molecule has 0 aliphatic heterocycles. The predicted molar refractivity (Wildman–Crippen MR) is 71.1 cm³/mol. The fraction of sp³-hybridized carbons (Fsp3) is 0. The number of hydrogen-bond acceptors (Lipinski definition) is 4. The minimum absolute atomic E-state index is 0.0850. The topological polar surface area (TPSA) is 83.6 Å². The molecule has 3 rings (SSSR count). The number of carbonyl (C=O) groups is 1. The van der Waals surface area contributed by atoms with Crippen molar-refractivity contribution >= 4 is 34.2 Å². The van der Waals surface area contributed by atoms with E-state index in [4.69, 9.17) is 11.6 Å². The third kappa shape index (κ3) is 2.38. The maximum atomic E-state index is 12.0. The Labute approximate surface area is 112 Å². The van der Waals surface area contributed by atoms with Crippen LogP contribution in [0.1, 0.15) is 10.4 Å². The molecule has 94 valence electrons. The highest BCUT2D eigenvalue weighted by Crippen LogP contribution is 2.14. The van der Waals surface area contributed by atoms with E-state index in [9.17, 15) is 4.79 Å². The molecule has 3 aromatic rings. The molecule has 2 aromatic heterocycles. The van der Waals surface area contributed by atoms with Crippen LogP contribution in [-0.4, -0.2) is 26.1 Å². The highest BCUT2D eigenvalue weighted by Gasteiger charge is 2.08. The van der Waals surface area contributed by atoms with E-state index in [2.05, 4.69) is 25.5 Å². The van der Waals surface area contributed by atoms with Crippen LogP contribution < -0.4 is 5.32 Å². The Kier molecular flexibility index (Phi) is 2.85. The second kappa shape index (κ2) is 4.66. The Morgan fingerprint density at radius 3 is 3.05 bits per heavy atom. The first kappa shape index (κ1) is 11.6. The van der Waals surface area contributed by atoms with E-state index >= 15 is 0 Å². The lowest BCUT2D eigenvalue weighted by molar-refractivity contribution is 0.102. The van der Waals surface area contributed by atoms with Crippen LogP contribution in [-0.2, 0) is 0 Å². The third-order valence-electron chi connectivity index (χ3n) is 2.57. The zero-order chi connectivity index (χ0) is 13.2. The standard InChI is InChI=1S/C12H8ClN5O/c13-12-14-4-3-10(17-12)16-11(19)7-1-2-8-6-15-18-9(8)5-7/h1-6H,(H,15,18)(H,14,16,17,19). The molecule has 0 radical (unpaired) electrons. The van der Waals surface area contributed by atoms with Gasteiger partial charge in [0.05, 0.1) is 11.7 Å². The summed E-state index contributed by atoms with van der Waals surface area (Å²) in [5.74, 6) is 0.0842. The van der Waals surface area contributed by atoms with Crippen LogP contribution in [0.3, 0.4) is 0 Å². The van der Waals surface area contributed by atoms with E-state index < -0.39 is 0 Å². The Bertz CT molecular complexity index is 754. The van der Waals surface area contributed by atoms with Gasteiger partial charge in [-0.15, -0.1) is 0 Å². The number of amides is 1. The molecule has 0 fully saturated rings. The number of H-pyrrole nitrogens is 1. The minimum Gasteiger partial charge on any atom is -0.306 e. The largest absolute Gasteiger partial charge is 0.306 e. The zero-order valence-corrected chi connectivity index (χ0v) is 10.3. The van der Waals surface area contributed by atoms with Crippen molar-refractivity contribution < 1.29 is 4.79 Å². The first-order valence-electron chi connectivity index (χ1n) is 5.45. The molecule has 6 nitrogen and oxygen atoms in total. The van der Waals surface area contributed by atoms with Crippen molar-refractivity contribution in [2.24, 2.45) is 0 Å². The van der Waals surface area contributed by atoms with Crippen LogP contribution in [0, 0.1) is 0 Å². The molecule has 0 saturated heterocycles. The Morgan fingerprint density at radius 1 is 1.32 bits per heavy atom. The maximum absolute atomic E-state index is 12.0. The van der Waals surface area contributed by atoms with Crippen LogP contribution in [0.2, 0.25) is 5.28 Å². The summed E-state index contributed by atoms with van der Waals surface area (Å²) in [6.45, 7) is 0. The highest BCUT2D eigenvalue weighted by molar-refractivity contribution is 6.28. The summed E-state index contributed by atoms with van der Waals surface area (Å²) in [5.41, 5.74) is 1.31. The van der Waals surface area contributed by atoms with Crippen LogP contribution in [0.15, 0.2) is 36.7 Å². The van der Waals surface area contributed by atoms with Crippen LogP contribution in [0.4, 0.5) is 5.82 Å². The average Bonchev–Trinajstić information content (AvgIpc) is 2.85. The van der Waals surface area contributed by atoms with Gasteiger partial charge in [-0.25, -0.2) is 9.97 Å². The SMILES string of the molecule is O=C(Nc1ccnc(Cl)n1)c1ccc2cn[nH]c2c1. The molecule has 0 atom stereocenters. The summed E-state index contributed by atoms with van der Waals surface area (Å²) in [5, 5.41) is 10.4. The van der Waals surface area contributed by atoms with Gasteiger partial charge in [0.25, 0.3) is 5.91 Å². The van der Waals surface area contributed by atoms with Gasteiger partial charge in [-0.3, -0.25) is 9.89 Å². The van der Waals surface area contributed by atoms with Crippen LogP contribution >= 0.6 is 11.6 Å². The number of nitrogens with zero attached hydrogens (tertiary/aromatic N) is 3. The first-order valence-corrected chi connectivity index (χ1v) is 5.83. The normalized spacial score (nSPS) is 10.6. The molecule has 7 heteroatoms. The summed E-state index contributed by atoms with van der Waals surface area (Å²) in [6.07, 6.45) is 3.17. The fourth-order valence-corrected chi connectivity index (χ4v) is 1.82. The molecule has 1 amide bonds. The van der Waals surface area contributed by atoms with Crippen LogP contribution in [0.25, 0.3) is 10.9 Å². The number of carbonyl (C=O) groups excluding carboxylic acids is 1. The summed E-state index contributed by atoms with van der Waals surface area (Å²) < 4.78 is 0. The number of benzene rings is 1. The Balaban J connectivity index is 1.87. The smallest absolute Gasteiger partial charge is 0.256 e. The molecule has 0 spiro atoms. The summed E-state index contributed by atoms with van der Waals surface area (Å²) >= 11 is 5.65. The highest BCUT2D eigenvalue weighted by atomic mass is 35.5. The molecule has 0 saturated carbocycles. The number of anilines is 1. The number of fused-ring (bicyclic) bond motifs is 1. The molecule has 0 unspecified atom stereocenters. The van der Waals surface area contributed by atoms with E-state index in [0.29, 0.717) is 11.4 Å². The quantitative estimate of drug-likeness (QED) is 0.702. The van der Waals surface area contributed by atoms with Crippen molar-refractivity contribution in [3.05, 3.63) is 47.5 Å². The number of nitrogens with one attached hydrogen (secondary N) is 2. The van der Waals surface area contributed by atoms with Crippen molar-refractivity contribution in [2.45, 2.75) is 0 Å². The first-order chi connectivity index (χ1) is 9.22. The maximum Gasteiger partial charge on any atom is 0.256 e. The molecule has 0 bridgehead atoms. The second-order valence-electron chi connectivity index (χ2n) is 3.84. The van der Waals surface area contributed by atoms with E-state index in [-0.39, 0.29) is 11.2 Å². The Hall–Kier alpha value is -2.47. The summed E-state index contributed by atoms with van der Waals surface area (Å²) in [6, 6.07) is 6.83. The number of aromatic nitrogens is 4. The van der Waals surface area contributed by atoms with Gasteiger partial charge in [0, 0.05) is 17.1 Å². The van der Waals surface area contributed by atoms with Gasteiger partial charge in [-0.2, -0.15) is 5.10 Å². The average molecular weight is 274 g/mol. The van der Waals surface area contributed by atoms with Gasteiger partial charge in [0.1, 0.15) is 5.82 Å². The third-order valence-corrected chi connectivity index (χ3v) is 2.75. The van der Waals surface area contributed by atoms with Crippen LogP contribution in [0.5, 0.6) is 0 Å². The van der Waals surface area contributed by atoms with E-state index in [1.54, 1.807) is 24.4 Å². The Morgan fingerprint density at radius 2 is 2.21 bits per heavy atom. The van der Waals surface area contributed by atoms with E-state index in [1.165, 1.54) is 6.20 Å². The molecule has 0 aliphatic rings. The predicted octanol–water partition coefficient (Wildman–Crippen LogP) is 2.26. The second-order valence-corrected chi connectivity index (χ2v) is 4.18. The lowest BCUT2D eigenvalue weighted by Crippen LogP contribution is -2.13. The molecule has 19 heavy (non-hydrogen) atoms. The number of halogens is 1. The molecule has 2 heterocycles. The summed E-state index contributed by atoms with van der Waals surface area (Å²) in [4.78, 5) is 19.7. The minimum atomic E-state index is -0.272. The lowest BCUT2D eigenvalue weighted by Gasteiger charge is -2.04. The molecular weight excluding hydrogens is 266 g/mol. The van der Waals surface area contributed by atoms with Gasteiger partial charge in [-0.1, -0.05) is 6.07 Å². The van der Waals surface area contributed by atoms with Gasteiger partial charge >= 0.3 is 0 Å². The van der Waals surface area contributed by atoms with Crippen molar-refractivity contribution in [1.82, 2.24) is 20.2 Å². The fourth-order valence-electron chi connectivity index (χ4n) is 1.67. The van der Waals surface area contributed by atoms with Crippen molar-refractivity contribution in [3.8, 4) is 0 Å². The molecule has 1 aromatic carbocycles. The van der Waals surface area contributed by atoms with Gasteiger partial charge in [0.2, 0.25) is 5.28 Å².